The van der Waals surface area contributed by atoms with Gasteiger partial charge in [0.25, 0.3) is 0 Å². The zero-order valence-electron chi connectivity index (χ0n) is 16.1. The molecule has 0 atom stereocenters. The molecule has 3 aromatic heterocycles. The number of hydrogen-bond donors (Lipinski definition) is 1. The molecule has 6 nitrogen and oxygen atoms in total. The molecule has 1 aliphatic rings. The van der Waals surface area contributed by atoms with E-state index in [0.29, 0.717) is 5.88 Å². The van der Waals surface area contributed by atoms with Crippen molar-refractivity contribution in [2.24, 2.45) is 0 Å². The third kappa shape index (κ3) is 3.10. The average molecular weight is 373 g/mol. The summed E-state index contributed by atoms with van der Waals surface area (Å²) in [6, 6.07) is 10.4. The molecule has 1 saturated heterocycles. The number of fused-ring (bicyclic) bond motifs is 2. The van der Waals surface area contributed by atoms with Gasteiger partial charge >= 0.3 is 0 Å². The summed E-state index contributed by atoms with van der Waals surface area (Å²) in [5, 5.41) is 2.06. The second-order valence-corrected chi connectivity index (χ2v) is 7.58. The first-order chi connectivity index (χ1) is 13.7. The van der Waals surface area contributed by atoms with Crippen LogP contribution >= 0.6 is 0 Å². The normalized spacial score (nSPS) is 16.1. The molecule has 0 unspecified atom stereocenters. The van der Waals surface area contributed by atoms with Crippen molar-refractivity contribution >= 4 is 21.9 Å². The number of aromatic amines is 1. The number of pyridine rings is 1. The van der Waals surface area contributed by atoms with Crippen molar-refractivity contribution in [2.45, 2.75) is 25.9 Å². The molecule has 5 rings (SSSR count). The van der Waals surface area contributed by atoms with E-state index in [1.165, 1.54) is 0 Å². The first kappa shape index (κ1) is 17.1. The van der Waals surface area contributed by atoms with Gasteiger partial charge in [0.1, 0.15) is 18.1 Å². The van der Waals surface area contributed by atoms with Crippen LogP contribution < -0.4 is 4.74 Å². The number of nitrogens with one attached hydrogen (secondary N) is 1. The summed E-state index contributed by atoms with van der Waals surface area (Å²) in [6.45, 7) is 4.11. The minimum Gasteiger partial charge on any atom is -0.474 e. The molecule has 0 bridgehead atoms. The van der Waals surface area contributed by atoms with Crippen LogP contribution in [0.2, 0.25) is 0 Å². The highest BCUT2D eigenvalue weighted by Gasteiger charge is 2.20. The number of rotatable bonds is 3. The first-order valence-electron chi connectivity index (χ1n) is 9.72. The number of likely N-dealkylation sites (tertiary alicyclic amines) is 1. The second kappa shape index (κ2) is 6.87. The Morgan fingerprint density at radius 1 is 1.07 bits per heavy atom. The zero-order chi connectivity index (χ0) is 19.1. The van der Waals surface area contributed by atoms with Gasteiger partial charge < -0.3 is 14.6 Å². The predicted molar refractivity (Wildman–Crippen MR) is 111 cm³/mol. The van der Waals surface area contributed by atoms with Crippen molar-refractivity contribution in [3.8, 4) is 17.0 Å². The van der Waals surface area contributed by atoms with Crippen LogP contribution in [0.3, 0.4) is 0 Å². The van der Waals surface area contributed by atoms with Gasteiger partial charge in [0.15, 0.2) is 0 Å². The van der Waals surface area contributed by atoms with E-state index in [1.54, 1.807) is 6.33 Å². The van der Waals surface area contributed by atoms with Gasteiger partial charge in [0.2, 0.25) is 5.88 Å². The fraction of sp³-hybridized carbons (Fsp3) is 0.318. The minimum atomic E-state index is 0.207. The van der Waals surface area contributed by atoms with E-state index in [1.807, 2.05) is 25.3 Å². The van der Waals surface area contributed by atoms with Gasteiger partial charge in [-0.3, -0.25) is 0 Å². The Hall–Kier alpha value is -2.99. The van der Waals surface area contributed by atoms with E-state index in [2.05, 4.69) is 50.1 Å². The first-order valence-corrected chi connectivity index (χ1v) is 9.72. The molecule has 1 fully saturated rings. The van der Waals surface area contributed by atoms with Crippen LogP contribution in [0.1, 0.15) is 18.5 Å². The maximum atomic E-state index is 6.29. The topological polar surface area (TPSA) is 66.9 Å². The fourth-order valence-corrected chi connectivity index (χ4v) is 3.90. The lowest BCUT2D eigenvalue weighted by Crippen LogP contribution is -2.35. The van der Waals surface area contributed by atoms with Crippen molar-refractivity contribution in [3.05, 3.63) is 48.5 Å². The third-order valence-electron chi connectivity index (χ3n) is 5.53. The summed E-state index contributed by atoms with van der Waals surface area (Å²) in [5.41, 5.74) is 5.03. The molecule has 1 aliphatic heterocycles. The molecule has 0 aliphatic carbocycles. The fourth-order valence-electron chi connectivity index (χ4n) is 3.90. The van der Waals surface area contributed by atoms with E-state index < -0.39 is 0 Å². The summed E-state index contributed by atoms with van der Waals surface area (Å²) in [6.07, 6.45) is 5.85. The molecular formula is C22H23N5O. The highest BCUT2D eigenvalue weighted by Crippen LogP contribution is 2.32. The van der Waals surface area contributed by atoms with Gasteiger partial charge in [-0.05, 0) is 56.6 Å². The second-order valence-electron chi connectivity index (χ2n) is 7.58. The lowest BCUT2D eigenvalue weighted by atomic mass is 10.0. The zero-order valence-corrected chi connectivity index (χ0v) is 16.1. The van der Waals surface area contributed by atoms with E-state index in [-0.39, 0.29) is 6.10 Å². The van der Waals surface area contributed by atoms with Crippen LogP contribution in [0, 0.1) is 6.92 Å². The maximum absolute atomic E-state index is 6.29. The highest BCUT2D eigenvalue weighted by molar-refractivity contribution is 5.97. The van der Waals surface area contributed by atoms with Crippen molar-refractivity contribution < 1.29 is 4.74 Å². The standard InChI is InChI=1S/C22H23N5O/c1-14-3-5-17-19(12-23-21(17)26-14)15-4-6-20-18(11-15)22(25-13-24-20)28-16-7-9-27(2)10-8-16/h3-6,11-13,16H,7-10H2,1-2H3,(H,23,26). The van der Waals surface area contributed by atoms with E-state index >= 15 is 0 Å². The Kier molecular flexibility index (Phi) is 4.20. The summed E-state index contributed by atoms with van der Waals surface area (Å²) in [4.78, 5) is 19.1. The van der Waals surface area contributed by atoms with Crippen LogP contribution in [0.15, 0.2) is 42.9 Å². The Bertz CT molecular complexity index is 1140. The van der Waals surface area contributed by atoms with Gasteiger partial charge in [-0.25, -0.2) is 15.0 Å². The van der Waals surface area contributed by atoms with Crippen LogP contribution in [0.5, 0.6) is 5.88 Å². The van der Waals surface area contributed by atoms with Crippen LogP contribution in [-0.2, 0) is 0 Å². The number of H-pyrrole nitrogens is 1. The largest absolute Gasteiger partial charge is 0.474 e. The maximum Gasteiger partial charge on any atom is 0.224 e. The van der Waals surface area contributed by atoms with Crippen LogP contribution in [0.4, 0.5) is 0 Å². The quantitative estimate of drug-likeness (QED) is 0.589. The van der Waals surface area contributed by atoms with E-state index in [9.17, 15) is 0 Å². The van der Waals surface area contributed by atoms with Gasteiger partial charge in [-0.2, -0.15) is 0 Å². The number of benzene rings is 1. The van der Waals surface area contributed by atoms with Crippen molar-refractivity contribution in [1.82, 2.24) is 24.8 Å². The van der Waals surface area contributed by atoms with Crippen molar-refractivity contribution in [2.75, 3.05) is 20.1 Å². The van der Waals surface area contributed by atoms with Gasteiger partial charge in [0, 0.05) is 35.9 Å². The molecular weight excluding hydrogens is 350 g/mol. The molecule has 1 aromatic carbocycles. The third-order valence-corrected chi connectivity index (χ3v) is 5.53. The predicted octanol–water partition coefficient (Wildman–Crippen LogP) is 3.95. The molecule has 1 N–H and O–H groups in total. The Morgan fingerprint density at radius 2 is 1.93 bits per heavy atom. The van der Waals surface area contributed by atoms with Crippen LogP contribution in [0.25, 0.3) is 33.1 Å². The summed E-state index contributed by atoms with van der Waals surface area (Å²) < 4.78 is 6.29. The Morgan fingerprint density at radius 3 is 2.79 bits per heavy atom. The average Bonchev–Trinajstić information content (AvgIpc) is 3.12. The van der Waals surface area contributed by atoms with Gasteiger partial charge in [-0.15, -0.1) is 0 Å². The number of hydrogen-bond acceptors (Lipinski definition) is 5. The summed E-state index contributed by atoms with van der Waals surface area (Å²) in [5.74, 6) is 0.676. The molecule has 0 spiro atoms. The van der Waals surface area contributed by atoms with Gasteiger partial charge in [-0.1, -0.05) is 6.07 Å². The van der Waals surface area contributed by atoms with Crippen molar-refractivity contribution in [3.63, 3.8) is 0 Å². The van der Waals surface area contributed by atoms with E-state index in [0.717, 1.165) is 64.7 Å². The Balaban J connectivity index is 1.54. The molecule has 142 valence electrons. The number of aryl methyl sites for hydroxylation is 1. The summed E-state index contributed by atoms with van der Waals surface area (Å²) in [7, 11) is 2.15. The number of piperidine rings is 1. The van der Waals surface area contributed by atoms with Crippen molar-refractivity contribution in [1.29, 1.82) is 0 Å². The molecule has 4 heterocycles. The molecule has 28 heavy (non-hydrogen) atoms. The Labute approximate surface area is 163 Å². The van der Waals surface area contributed by atoms with Crippen LogP contribution in [-0.4, -0.2) is 51.1 Å². The highest BCUT2D eigenvalue weighted by atomic mass is 16.5. The molecule has 0 radical (unpaired) electrons. The molecule has 0 amide bonds. The smallest absolute Gasteiger partial charge is 0.224 e. The number of nitrogens with zero attached hydrogens (tertiary/aromatic N) is 4. The molecule has 0 saturated carbocycles. The lowest BCUT2D eigenvalue weighted by Gasteiger charge is -2.29. The minimum absolute atomic E-state index is 0.207. The van der Waals surface area contributed by atoms with Gasteiger partial charge in [0.05, 0.1) is 10.9 Å². The molecule has 4 aromatic rings. The monoisotopic (exact) mass is 373 g/mol. The van der Waals surface area contributed by atoms with E-state index in [4.69, 9.17) is 4.74 Å². The number of ether oxygens (including phenoxy) is 1. The summed E-state index contributed by atoms with van der Waals surface area (Å²) >= 11 is 0. The SMILES string of the molecule is Cc1ccc2c(-c3ccc4ncnc(OC5CCN(C)CC5)c4c3)c[nH]c2n1. The number of aromatic nitrogens is 4. The molecule has 6 heteroatoms. The lowest BCUT2D eigenvalue weighted by molar-refractivity contribution is 0.111.